The van der Waals surface area contributed by atoms with Crippen LogP contribution in [0.15, 0.2) is 0 Å². The van der Waals surface area contributed by atoms with Crippen molar-refractivity contribution in [3.05, 3.63) is 0 Å². The van der Waals surface area contributed by atoms with Gasteiger partial charge in [0, 0.05) is 22.8 Å². The van der Waals surface area contributed by atoms with Crippen LogP contribution in [0.4, 0.5) is 0 Å². The molecule has 47 valence electrons. The van der Waals surface area contributed by atoms with Crippen molar-refractivity contribution in [1.29, 1.82) is 0 Å². The zero-order chi connectivity index (χ0) is 6.41. The van der Waals surface area contributed by atoms with Gasteiger partial charge in [-0.1, -0.05) is 6.04 Å². The first-order valence-electron chi connectivity index (χ1n) is 2.89. The van der Waals surface area contributed by atoms with Gasteiger partial charge < -0.3 is 11.1 Å². The lowest BCUT2D eigenvalue weighted by molar-refractivity contribution is 0.576. The Labute approximate surface area is 54.3 Å². The average Bonchev–Trinajstić information content (AvgIpc) is 1.83. The van der Waals surface area contributed by atoms with E-state index in [0.29, 0.717) is 12.6 Å². The van der Waals surface area contributed by atoms with Gasteiger partial charge in [0.15, 0.2) is 0 Å². The van der Waals surface area contributed by atoms with Gasteiger partial charge in [0.1, 0.15) is 0 Å². The fraction of sp³-hybridized carbons (Fsp3) is 1.00. The summed E-state index contributed by atoms with van der Waals surface area (Å²) >= 11 is 0. The van der Waals surface area contributed by atoms with Crippen molar-refractivity contribution < 1.29 is 0 Å². The first-order chi connectivity index (χ1) is 3.81. The van der Waals surface area contributed by atoms with Crippen LogP contribution in [0.5, 0.6) is 0 Å². The molecule has 0 aromatic rings. The van der Waals surface area contributed by atoms with Crippen molar-refractivity contribution in [2.75, 3.05) is 13.1 Å². The van der Waals surface area contributed by atoms with Gasteiger partial charge in [0.05, 0.1) is 0 Å². The number of hydrogen-bond acceptors (Lipinski definition) is 2. The molecule has 0 rings (SSSR count). The van der Waals surface area contributed by atoms with Gasteiger partial charge in [-0.25, -0.2) is 0 Å². The van der Waals surface area contributed by atoms with E-state index >= 15 is 0 Å². The first-order valence-corrected chi connectivity index (χ1v) is 3.60. The Kier molecular flexibility index (Phi) is 5.37. The molecule has 0 saturated heterocycles. The predicted molar refractivity (Wildman–Crippen MR) is 37.1 cm³/mol. The summed E-state index contributed by atoms with van der Waals surface area (Å²) in [6.07, 6.45) is 0. The SMILES string of the molecule is CC(CN)NCC[Si]. The molecule has 2 nitrogen and oxygen atoms in total. The molecule has 0 fully saturated rings. The van der Waals surface area contributed by atoms with E-state index in [1.807, 2.05) is 0 Å². The number of rotatable bonds is 4. The van der Waals surface area contributed by atoms with Gasteiger partial charge in [-0.3, -0.25) is 0 Å². The minimum absolute atomic E-state index is 0.450. The Morgan fingerprint density at radius 3 is 2.75 bits per heavy atom. The summed E-state index contributed by atoms with van der Waals surface area (Å²) in [7, 11) is 3.35. The third kappa shape index (κ3) is 4.30. The summed E-state index contributed by atoms with van der Waals surface area (Å²) in [5, 5.41) is 3.21. The Morgan fingerprint density at radius 1 is 1.75 bits per heavy atom. The molecular formula is C5H13N2Si. The van der Waals surface area contributed by atoms with Gasteiger partial charge in [0.25, 0.3) is 0 Å². The summed E-state index contributed by atoms with van der Waals surface area (Å²) in [5.74, 6) is 0. The molecule has 3 radical (unpaired) electrons. The van der Waals surface area contributed by atoms with Gasteiger partial charge in [-0.15, -0.1) is 0 Å². The largest absolute Gasteiger partial charge is 0.329 e. The minimum atomic E-state index is 0.450. The molecule has 0 aromatic heterocycles. The van der Waals surface area contributed by atoms with Crippen LogP contribution in [0, 0.1) is 0 Å². The fourth-order valence-corrected chi connectivity index (χ4v) is 0.546. The molecule has 3 heteroatoms. The maximum absolute atomic E-state index is 5.33. The first kappa shape index (κ1) is 8.14. The monoisotopic (exact) mass is 129 g/mol. The second-order valence-corrected chi connectivity index (χ2v) is 2.34. The van der Waals surface area contributed by atoms with Crippen molar-refractivity contribution >= 4 is 10.2 Å². The highest BCUT2D eigenvalue weighted by Gasteiger charge is 1.92. The van der Waals surface area contributed by atoms with E-state index in [1.165, 1.54) is 0 Å². The molecular weight excluding hydrogens is 116 g/mol. The third-order valence-corrected chi connectivity index (χ3v) is 1.22. The summed E-state index contributed by atoms with van der Waals surface area (Å²) in [4.78, 5) is 0. The van der Waals surface area contributed by atoms with Crippen molar-refractivity contribution in [2.45, 2.75) is 19.0 Å². The Morgan fingerprint density at radius 2 is 2.38 bits per heavy atom. The molecule has 0 amide bonds. The molecule has 1 atom stereocenters. The Hall–Kier alpha value is 0.137. The topological polar surface area (TPSA) is 38.0 Å². The van der Waals surface area contributed by atoms with Crippen LogP contribution in [0.1, 0.15) is 6.92 Å². The van der Waals surface area contributed by atoms with E-state index in [-0.39, 0.29) is 0 Å². The van der Waals surface area contributed by atoms with E-state index in [4.69, 9.17) is 5.73 Å². The second kappa shape index (κ2) is 5.28. The van der Waals surface area contributed by atoms with Crippen molar-refractivity contribution in [3.63, 3.8) is 0 Å². The van der Waals surface area contributed by atoms with Crippen LogP contribution >= 0.6 is 0 Å². The van der Waals surface area contributed by atoms with E-state index < -0.39 is 0 Å². The number of nitrogens with one attached hydrogen (secondary N) is 1. The third-order valence-electron chi connectivity index (χ3n) is 0.971. The lowest BCUT2D eigenvalue weighted by Gasteiger charge is -2.08. The zero-order valence-corrected chi connectivity index (χ0v) is 6.28. The fourth-order valence-electron chi connectivity index (χ4n) is 0.402. The molecule has 0 spiro atoms. The molecule has 3 N–H and O–H groups in total. The minimum Gasteiger partial charge on any atom is -0.329 e. The molecule has 0 aliphatic carbocycles. The highest BCUT2D eigenvalue weighted by molar-refractivity contribution is 6.08. The smallest absolute Gasteiger partial charge is 0.0238 e. The predicted octanol–water partition coefficient (Wildman–Crippen LogP) is -0.490. The van der Waals surface area contributed by atoms with Crippen LogP contribution < -0.4 is 11.1 Å². The van der Waals surface area contributed by atoms with Crippen LogP contribution in [0.2, 0.25) is 6.04 Å². The van der Waals surface area contributed by atoms with Crippen LogP contribution in [0.3, 0.4) is 0 Å². The summed E-state index contributed by atoms with van der Waals surface area (Å²) < 4.78 is 0. The molecule has 0 aliphatic rings. The summed E-state index contributed by atoms with van der Waals surface area (Å²) in [5.41, 5.74) is 5.33. The Balaban J connectivity index is 2.86. The van der Waals surface area contributed by atoms with E-state index in [1.54, 1.807) is 0 Å². The number of nitrogens with two attached hydrogens (primary N) is 1. The van der Waals surface area contributed by atoms with Gasteiger partial charge >= 0.3 is 0 Å². The summed E-state index contributed by atoms with van der Waals surface area (Å²) in [6.45, 7) is 3.78. The maximum atomic E-state index is 5.33. The normalized spacial score (nSPS) is 13.9. The molecule has 0 aromatic carbocycles. The molecule has 0 aliphatic heterocycles. The number of hydrogen-bond donors (Lipinski definition) is 2. The van der Waals surface area contributed by atoms with Gasteiger partial charge in [-0.2, -0.15) is 0 Å². The molecule has 1 unspecified atom stereocenters. The molecule has 0 saturated carbocycles. The zero-order valence-electron chi connectivity index (χ0n) is 5.28. The molecule has 8 heavy (non-hydrogen) atoms. The maximum Gasteiger partial charge on any atom is 0.0238 e. The van der Waals surface area contributed by atoms with E-state index in [2.05, 4.69) is 22.5 Å². The van der Waals surface area contributed by atoms with Crippen molar-refractivity contribution in [3.8, 4) is 0 Å². The average molecular weight is 129 g/mol. The highest BCUT2D eigenvalue weighted by atomic mass is 28.1. The van der Waals surface area contributed by atoms with Crippen molar-refractivity contribution in [2.24, 2.45) is 5.73 Å². The lowest BCUT2D eigenvalue weighted by atomic mass is 10.3. The summed E-state index contributed by atoms with van der Waals surface area (Å²) in [6, 6.07) is 1.44. The molecule has 0 heterocycles. The van der Waals surface area contributed by atoms with Gasteiger partial charge in [0.2, 0.25) is 0 Å². The van der Waals surface area contributed by atoms with Gasteiger partial charge in [-0.05, 0) is 13.5 Å². The standard InChI is InChI=1S/C5H13N2Si/c1-5(4-6)7-2-3-8/h5,7H,2-4,6H2,1H3. The quantitative estimate of drug-likeness (QED) is 0.503. The Bertz CT molecular complexity index is 49.7. The van der Waals surface area contributed by atoms with Crippen LogP contribution in [0.25, 0.3) is 0 Å². The second-order valence-electron chi connectivity index (χ2n) is 1.84. The van der Waals surface area contributed by atoms with Crippen LogP contribution in [-0.2, 0) is 0 Å². The van der Waals surface area contributed by atoms with E-state index in [9.17, 15) is 0 Å². The van der Waals surface area contributed by atoms with Crippen LogP contribution in [-0.4, -0.2) is 29.4 Å². The molecule has 0 bridgehead atoms. The highest BCUT2D eigenvalue weighted by Crippen LogP contribution is 1.75. The van der Waals surface area contributed by atoms with Crippen molar-refractivity contribution in [1.82, 2.24) is 5.32 Å². The van der Waals surface area contributed by atoms with E-state index in [0.717, 1.165) is 12.6 Å². The lowest BCUT2D eigenvalue weighted by Crippen LogP contribution is -2.33.